The van der Waals surface area contributed by atoms with Gasteiger partial charge in [0.1, 0.15) is 0 Å². The van der Waals surface area contributed by atoms with Gasteiger partial charge in [-0.2, -0.15) is 0 Å². The average Bonchev–Trinajstić information content (AvgIpc) is 3.09. The second-order valence-electron chi connectivity index (χ2n) is 6.66. The number of rotatable bonds is 5. The second-order valence-corrected chi connectivity index (χ2v) is 6.66. The van der Waals surface area contributed by atoms with Gasteiger partial charge in [0.25, 0.3) is 0 Å². The summed E-state index contributed by atoms with van der Waals surface area (Å²) in [6.07, 6.45) is 0. The first-order valence-corrected chi connectivity index (χ1v) is 9.43. The molecule has 0 aliphatic carbocycles. The molecule has 7 nitrogen and oxygen atoms in total. The fraction of sp³-hybridized carbons (Fsp3) is 0.273. The van der Waals surface area contributed by atoms with Crippen molar-refractivity contribution in [2.45, 2.75) is 19.9 Å². The number of esters is 1. The Morgan fingerprint density at radius 1 is 1.14 bits per heavy atom. The largest absolute Gasteiger partial charge is 0.493 e. The smallest absolute Gasteiger partial charge is 0.338 e. The third-order valence-corrected chi connectivity index (χ3v) is 5.05. The Labute approximate surface area is 168 Å². The molecule has 7 heteroatoms. The van der Waals surface area contributed by atoms with Gasteiger partial charge in [0.15, 0.2) is 11.5 Å². The van der Waals surface area contributed by atoms with Crippen LogP contribution in [0, 0.1) is 0 Å². The third kappa shape index (κ3) is 2.99. The molecule has 2 heterocycles. The highest BCUT2D eigenvalue weighted by molar-refractivity contribution is 5.94. The molecule has 0 saturated carbocycles. The Balaban J connectivity index is 2.04. The number of carbonyl (C=O) groups is 1. The van der Waals surface area contributed by atoms with E-state index < -0.39 is 6.04 Å². The molecule has 0 unspecified atom stereocenters. The molecule has 0 amide bonds. The number of imidazole rings is 1. The van der Waals surface area contributed by atoms with Crippen molar-refractivity contribution in [3.05, 3.63) is 59.3 Å². The molecule has 0 spiro atoms. The molecular weight excluding hydrogens is 370 g/mol. The first kappa shape index (κ1) is 18.9. The van der Waals surface area contributed by atoms with E-state index >= 15 is 0 Å². The standard InChI is InChI=1S/C22H23N3O4/c1-5-29-21(26)18-13(2)23-22-24-15-10-6-7-11-16(15)25(22)19(18)14-9-8-12-17(27-3)20(14)28-4/h6-12,19H,5H2,1-4H3,(H,23,24)/t19-/m1/s1. The highest BCUT2D eigenvalue weighted by atomic mass is 16.5. The lowest BCUT2D eigenvalue weighted by atomic mass is 9.94. The van der Waals surface area contributed by atoms with Gasteiger partial charge in [-0.1, -0.05) is 24.3 Å². The fourth-order valence-corrected chi connectivity index (χ4v) is 3.86. The zero-order valence-electron chi connectivity index (χ0n) is 16.9. The molecule has 0 bridgehead atoms. The van der Waals surface area contributed by atoms with Gasteiger partial charge in [0.2, 0.25) is 5.95 Å². The SMILES string of the molecule is CCOC(=O)C1=C(C)Nc2nc3ccccc3n2[C@@H]1c1cccc(OC)c1OC. The summed E-state index contributed by atoms with van der Waals surface area (Å²) in [5.74, 6) is 1.44. The van der Waals surface area contributed by atoms with Gasteiger partial charge < -0.3 is 19.5 Å². The summed E-state index contributed by atoms with van der Waals surface area (Å²) >= 11 is 0. The Morgan fingerprint density at radius 3 is 2.66 bits per heavy atom. The number of ether oxygens (including phenoxy) is 3. The lowest BCUT2D eigenvalue weighted by Crippen LogP contribution is -2.29. The first-order chi connectivity index (χ1) is 14.1. The number of nitrogens with one attached hydrogen (secondary N) is 1. The molecule has 2 aromatic carbocycles. The minimum Gasteiger partial charge on any atom is -0.493 e. The van der Waals surface area contributed by atoms with Crippen LogP contribution in [-0.4, -0.2) is 36.3 Å². The van der Waals surface area contributed by atoms with Crippen molar-refractivity contribution in [1.29, 1.82) is 0 Å². The van der Waals surface area contributed by atoms with Gasteiger partial charge in [-0.05, 0) is 32.0 Å². The maximum absolute atomic E-state index is 13.0. The summed E-state index contributed by atoms with van der Waals surface area (Å²) < 4.78 is 18.6. The van der Waals surface area contributed by atoms with Crippen LogP contribution in [0.3, 0.4) is 0 Å². The monoisotopic (exact) mass is 393 g/mol. The van der Waals surface area contributed by atoms with Crippen LogP contribution >= 0.6 is 0 Å². The second kappa shape index (κ2) is 7.50. The van der Waals surface area contributed by atoms with Crippen molar-refractivity contribution in [3.63, 3.8) is 0 Å². The number of anilines is 1. The molecule has 29 heavy (non-hydrogen) atoms. The van der Waals surface area contributed by atoms with Crippen molar-refractivity contribution < 1.29 is 19.0 Å². The predicted octanol–water partition coefficient (Wildman–Crippen LogP) is 3.91. The quantitative estimate of drug-likeness (QED) is 0.663. The number of nitrogens with zero attached hydrogens (tertiary/aromatic N) is 2. The van der Waals surface area contributed by atoms with Crippen molar-refractivity contribution in [2.24, 2.45) is 0 Å². The molecule has 150 valence electrons. The third-order valence-electron chi connectivity index (χ3n) is 5.05. The minimum absolute atomic E-state index is 0.287. The molecule has 1 atom stereocenters. The van der Waals surface area contributed by atoms with Crippen LogP contribution in [0.4, 0.5) is 5.95 Å². The van der Waals surface area contributed by atoms with E-state index in [2.05, 4.69) is 5.32 Å². The van der Waals surface area contributed by atoms with Gasteiger partial charge >= 0.3 is 5.97 Å². The maximum atomic E-state index is 13.0. The summed E-state index contributed by atoms with van der Waals surface area (Å²) in [7, 11) is 3.19. The van der Waals surface area contributed by atoms with E-state index in [0.717, 1.165) is 16.6 Å². The maximum Gasteiger partial charge on any atom is 0.338 e. The van der Waals surface area contributed by atoms with Crippen LogP contribution in [-0.2, 0) is 9.53 Å². The van der Waals surface area contributed by atoms with Crippen LogP contribution < -0.4 is 14.8 Å². The van der Waals surface area contributed by atoms with Crippen LogP contribution in [0.15, 0.2) is 53.7 Å². The van der Waals surface area contributed by atoms with E-state index in [9.17, 15) is 4.79 Å². The highest BCUT2D eigenvalue weighted by Crippen LogP contribution is 2.45. The number of benzene rings is 2. The normalized spacial score (nSPS) is 15.7. The highest BCUT2D eigenvalue weighted by Gasteiger charge is 2.37. The number of methoxy groups -OCH3 is 2. The minimum atomic E-state index is -0.484. The predicted molar refractivity (Wildman–Crippen MR) is 110 cm³/mol. The van der Waals surface area contributed by atoms with Crippen LogP contribution in [0.5, 0.6) is 11.5 Å². The molecule has 1 N–H and O–H groups in total. The molecule has 1 aromatic heterocycles. The van der Waals surface area contributed by atoms with E-state index in [1.54, 1.807) is 21.1 Å². The Bertz CT molecular complexity index is 1120. The van der Waals surface area contributed by atoms with Gasteiger partial charge in [-0.25, -0.2) is 9.78 Å². The van der Waals surface area contributed by atoms with Gasteiger partial charge in [0, 0.05) is 11.3 Å². The number of allylic oxidation sites excluding steroid dienone is 1. The Morgan fingerprint density at radius 2 is 1.93 bits per heavy atom. The molecule has 1 aliphatic rings. The Kier molecular flexibility index (Phi) is 4.88. The van der Waals surface area contributed by atoms with Crippen LogP contribution in [0.25, 0.3) is 11.0 Å². The number of aromatic nitrogens is 2. The van der Waals surface area contributed by atoms with E-state index in [-0.39, 0.29) is 12.6 Å². The summed E-state index contributed by atoms with van der Waals surface area (Å²) in [4.78, 5) is 17.7. The van der Waals surface area contributed by atoms with Crippen molar-refractivity contribution in [2.75, 3.05) is 26.1 Å². The van der Waals surface area contributed by atoms with Crippen molar-refractivity contribution in [1.82, 2.24) is 9.55 Å². The van der Waals surface area contributed by atoms with Gasteiger partial charge in [0.05, 0.1) is 43.5 Å². The number of carbonyl (C=O) groups excluding carboxylic acids is 1. The molecule has 1 aliphatic heterocycles. The zero-order chi connectivity index (χ0) is 20.5. The topological polar surface area (TPSA) is 74.6 Å². The average molecular weight is 393 g/mol. The van der Waals surface area contributed by atoms with Crippen LogP contribution in [0.2, 0.25) is 0 Å². The van der Waals surface area contributed by atoms with Crippen LogP contribution in [0.1, 0.15) is 25.5 Å². The van der Waals surface area contributed by atoms with Crippen molar-refractivity contribution >= 4 is 23.0 Å². The number of hydrogen-bond donors (Lipinski definition) is 1. The van der Waals surface area contributed by atoms with Crippen molar-refractivity contribution in [3.8, 4) is 11.5 Å². The number of fused-ring (bicyclic) bond motifs is 3. The first-order valence-electron chi connectivity index (χ1n) is 9.43. The van der Waals surface area contributed by atoms with E-state index in [4.69, 9.17) is 19.2 Å². The molecule has 4 rings (SSSR count). The zero-order valence-corrected chi connectivity index (χ0v) is 16.9. The molecule has 0 saturated heterocycles. The summed E-state index contributed by atoms with van der Waals surface area (Å²) in [5.41, 5.74) is 3.73. The molecule has 0 fully saturated rings. The lowest BCUT2D eigenvalue weighted by Gasteiger charge is -2.31. The lowest BCUT2D eigenvalue weighted by molar-refractivity contribution is -0.139. The Hall–Kier alpha value is -3.48. The molecular formula is C22H23N3O4. The van der Waals surface area contributed by atoms with E-state index in [0.29, 0.717) is 28.7 Å². The van der Waals surface area contributed by atoms with Gasteiger partial charge in [-0.15, -0.1) is 0 Å². The number of para-hydroxylation sites is 3. The van der Waals surface area contributed by atoms with E-state index in [1.807, 2.05) is 54.0 Å². The summed E-state index contributed by atoms with van der Waals surface area (Å²) in [6.45, 7) is 3.94. The molecule has 0 radical (unpaired) electrons. The molecule has 3 aromatic rings. The fourth-order valence-electron chi connectivity index (χ4n) is 3.86. The number of hydrogen-bond acceptors (Lipinski definition) is 6. The summed E-state index contributed by atoms with van der Waals surface area (Å²) in [6, 6.07) is 13.0. The van der Waals surface area contributed by atoms with Gasteiger partial charge in [-0.3, -0.25) is 4.57 Å². The van der Waals surface area contributed by atoms with E-state index in [1.165, 1.54) is 0 Å². The summed E-state index contributed by atoms with van der Waals surface area (Å²) in [5, 5.41) is 3.26.